The molecule has 0 radical (unpaired) electrons. The first-order valence-corrected chi connectivity index (χ1v) is 6.91. The van der Waals surface area contributed by atoms with Gasteiger partial charge in [0.05, 0.1) is 11.3 Å². The van der Waals surface area contributed by atoms with Crippen molar-refractivity contribution in [2.75, 3.05) is 10.0 Å². The van der Waals surface area contributed by atoms with E-state index in [-0.39, 0.29) is 5.69 Å². The Kier molecular flexibility index (Phi) is 2.83. The minimum absolute atomic E-state index is 0.363. The van der Waals surface area contributed by atoms with Crippen LogP contribution in [0.3, 0.4) is 0 Å². The third-order valence-corrected chi connectivity index (χ3v) is 5.48. The molecule has 0 spiro atoms. The third kappa shape index (κ3) is 1.76. The number of anilines is 2. The van der Waals surface area contributed by atoms with Gasteiger partial charge >= 0.3 is 6.18 Å². The Morgan fingerprint density at radius 2 is 1.80 bits per heavy atom. The molecule has 5 nitrogen and oxygen atoms in total. The monoisotopic (exact) mass is 308 g/mol. The van der Waals surface area contributed by atoms with Crippen LogP contribution in [-0.4, -0.2) is 19.1 Å². The van der Waals surface area contributed by atoms with E-state index >= 15 is 0 Å². The Bertz CT molecular complexity index is 695. The molecule has 0 unspecified atom stereocenters. The van der Waals surface area contributed by atoms with Crippen molar-refractivity contribution in [1.82, 2.24) is 0 Å². The maximum Gasteiger partial charge on any atom is 0.418 e. The van der Waals surface area contributed by atoms with Crippen LogP contribution in [0.1, 0.15) is 19.4 Å². The first-order valence-electron chi connectivity index (χ1n) is 5.47. The van der Waals surface area contributed by atoms with Gasteiger partial charge in [0.1, 0.15) is 0 Å². The molecule has 1 amide bonds. The van der Waals surface area contributed by atoms with Crippen LogP contribution in [0, 0.1) is 0 Å². The van der Waals surface area contributed by atoms with Gasteiger partial charge in [-0.3, -0.25) is 4.79 Å². The van der Waals surface area contributed by atoms with Gasteiger partial charge in [-0.15, -0.1) is 0 Å². The number of rotatable bonds is 1. The van der Waals surface area contributed by atoms with Gasteiger partial charge < -0.3 is 5.73 Å². The first-order chi connectivity index (χ1) is 8.90. The number of nitrogen functional groups attached to an aromatic ring is 1. The summed E-state index contributed by atoms with van der Waals surface area (Å²) in [7, 11) is -4.00. The fourth-order valence-corrected chi connectivity index (χ4v) is 3.30. The Hall–Kier alpha value is -1.77. The zero-order valence-electron chi connectivity index (χ0n) is 10.5. The smallest absolute Gasteiger partial charge is 0.398 e. The summed E-state index contributed by atoms with van der Waals surface area (Å²) in [4.78, 5) is 11.8. The molecule has 1 aromatic rings. The number of nitrogens with two attached hydrogens (primary N) is 1. The predicted octanol–water partition coefficient (Wildman–Crippen LogP) is 1.74. The van der Waals surface area contributed by atoms with Gasteiger partial charge in [-0.25, -0.2) is 12.7 Å². The highest BCUT2D eigenvalue weighted by Gasteiger charge is 2.61. The van der Waals surface area contributed by atoms with Crippen LogP contribution < -0.4 is 10.0 Å². The van der Waals surface area contributed by atoms with Gasteiger partial charge in [0.25, 0.3) is 15.9 Å². The number of carbonyl (C=O) groups is 1. The summed E-state index contributed by atoms with van der Waals surface area (Å²) >= 11 is 0. The minimum Gasteiger partial charge on any atom is -0.398 e. The minimum atomic E-state index is -4.73. The number of amides is 1. The van der Waals surface area contributed by atoms with E-state index in [4.69, 9.17) is 5.73 Å². The molecule has 2 rings (SSSR count). The van der Waals surface area contributed by atoms with Crippen LogP contribution in [0.25, 0.3) is 0 Å². The fraction of sp³-hybridized carbons (Fsp3) is 0.364. The number of hydrogen-bond donors (Lipinski definition) is 1. The molecular formula is C11H11F3N2O3S. The van der Waals surface area contributed by atoms with E-state index in [9.17, 15) is 26.4 Å². The average molecular weight is 308 g/mol. The molecule has 110 valence electrons. The summed E-state index contributed by atoms with van der Waals surface area (Å²) in [6.07, 6.45) is -4.73. The lowest BCUT2D eigenvalue weighted by Gasteiger charge is -2.43. The van der Waals surface area contributed by atoms with Crippen molar-refractivity contribution in [1.29, 1.82) is 0 Å². The lowest BCUT2D eigenvalue weighted by molar-refractivity contribution is -0.137. The lowest BCUT2D eigenvalue weighted by atomic mass is 10.1. The largest absolute Gasteiger partial charge is 0.418 e. The van der Waals surface area contributed by atoms with Gasteiger partial charge in [-0.05, 0) is 32.0 Å². The van der Waals surface area contributed by atoms with E-state index in [1.54, 1.807) is 0 Å². The van der Waals surface area contributed by atoms with Crippen LogP contribution in [0.15, 0.2) is 18.2 Å². The van der Waals surface area contributed by atoms with Gasteiger partial charge in [0, 0.05) is 5.69 Å². The normalized spacial score (nSPS) is 20.6. The second-order valence-corrected chi connectivity index (χ2v) is 7.19. The van der Waals surface area contributed by atoms with Crippen LogP contribution >= 0.6 is 0 Å². The highest BCUT2D eigenvalue weighted by molar-refractivity contribution is 7.98. The SMILES string of the molecule is CC1(C)C(=O)N(c2ccc(N)c(C(F)(F)F)c2)S1(=O)=O. The number of hydrogen-bond acceptors (Lipinski definition) is 4. The maximum absolute atomic E-state index is 12.7. The van der Waals surface area contributed by atoms with E-state index in [0.29, 0.717) is 10.4 Å². The van der Waals surface area contributed by atoms with Crippen molar-refractivity contribution >= 4 is 27.3 Å². The van der Waals surface area contributed by atoms with Crippen molar-refractivity contribution in [2.24, 2.45) is 0 Å². The summed E-state index contributed by atoms with van der Waals surface area (Å²) in [5.41, 5.74) is 3.14. The number of alkyl halides is 3. The first kappa shape index (κ1) is 14.6. The Morgan fingerprint density at radius 3 is 2.25 bits per heavy atom. The van der Waals surface area contributed by atoms with Crippen molar-refractivity contribution < 1.29 is 26.4 Å². The Labute approximate surface area is 113 Å². The molecule has 0 saturated carbocycles. The summed E-state index contributed by atoms with van der Waals surface area (Å²) in [6.45, 7) is 2.40. The van der Waals surface area contributed by atoms with Gasteiger partial charge in [-0.1, -0.05) is 0 Å². The van der Waals surface area contributed by atoms with Crippen molar-refractivity contribution in [3.8, 4) is 0 Å². The molecule has 1 aromatic carbocycles. The third-order valence-electron chi connectivity index (χ3n) is 3.16. The standard InChI is InChI=1S/C11H11F3N2O3S/c1-10(2)9(17)16(20(10,18)19)6-3-4-8(15)7(5-6)11(12,13)14/h3-5H,15H2,1-2H3. The second-order valence-electron chi connectivity index (χ2n) is 4.85. The number of benzene rings is 1. The molecule has 9 heteroatoms. The second kappa shape index (κ2) is 3.87. The molecule has 1 fully saturated rings. The molecule has 0 bridgehead atoms. The molecule has 20 heavy (non-hydrogen) atoms. The molecule has 1 heterocycles. The Morgan fingerprint density at radius 1 is 1.25 bits per heavy atom. The number of halogens is 3. The number of carbonyl (C=O) groups excluding carboxylic acids is 1. The quantitative estimate of drug-likeness (QED) is 0.801. The van der Waals surface area contributed by atoms with E-state index in [2.05, 4.69) is 0 Å². The predicted molar refractivity (Wildman–Crippen MR) is 66.3 cm³/mol. The van der Waals surface area contributed by atoms with Crippen molar-refractivity contribution in [3.63, 3.8) is 0 Å². The van der Waals surface area contributed by atoms with Crippen LogP contribution in [0.4, 0.5) is 24.5 Å². The van der Waals surface area contributed by atoms with Gasteiger partial charge in [0.2, 0.25) is 0 Å². The summed E-state index contributed by atoms with van der Waals surface area (Å²) < 4.78 is 60.7. The number of sulfonamides is 1. The molecule has 0 atom stereocenters. The molecule has 0 aliphatic carbocycles. The number of nitrogens with zero attached hydrogens (tertiary/aromatic N) is 1. The van der Waals surface area contributed by atoms with Crippen LogP contribution in [0.2, 0.25) is 0 Å². The van der Waals surface area contributed by atoms with Crippen molar-refractivity contribution in [2.45, 2.75) is 24.8 Å². The van der Waals surface area contributed by atoms with Crippen LogP contribution in [-0.2, 0) is 21.0 Å². The molecule has 1 aliphatic heterocycles. The van der Waals surface area contributed by atoms with Gasteiger partial charge in [0.15, 0.2) is 4.75 Å². The zero-order chi connectivity index (χ0) is 15.5. The van der Waals surface area contributed by atoms with Gasteiger partial charge in [-0.2, -0.15) is 13.2 Å². The Balaban J connectivity index is 2.55. The lowest BCUT2D eigenvalue weighted by Crippen LogP contribution is -2.67. The summed E-state index contributed by atoms with van der Waals surface area (Å²) in [5.74, 6) is -0.782. The van der Waals surface area contributed by atoms with E-state index < -0.39 is 38.1 Å². The van der Waals surface area contributed by atoms with E-state index in [0.717, 1.165) is 12.1 Å². The average Bonchev–Trinajstić information content (AvgIpc) is 2.29. The zero-order valence-corrected chi connectivity index (χ0v) is 11.3. The highest BCUT2D eigenvalue weighted by atomic mass is 32.2. The van der Waals surface area contributed by atoms with E-state index in [1.807, 2.05) is 0 Å². The molecular weight excluding hydrogens is 297 g/mol. The molecule has 2 N–H and O–H groups in total. The summed E-state index contributed by atoms with van der Waals surface area (Å²) in [5, 5.41) is 0. The maximum atomic E-state index is 12.7. The summed E-state index contributed by atoms with van der Waals surface area (Å²) in [6, 6.07) is 2.54. The van der Waals surface area contributed by atoms with E-state index in [1.165, 1.54) is 13.8 Å². The topological polar surface area (TPSA) is 80.5 Å². The highest BCUT2D eigenvalue weighted by Crippen LogP contribution is 2.42. The molecule has 1 saturated heterocycles. The molecule has 0 aromatic heterocycles. The molecule has 1 aliphatic rings. The van der Waals surface area contributed by atoms with Crippen molar-refractivity contribution in [3.05, 3.63) is 23.8 Å². The van der Waals surface area contributed by atoms with Crippen LogP contribution in [0.5, 0.6) is 0 Å². The fourth-order valence-electron chi connectivity index (χ4n) is 1.83.